The van der Waals surface area contributed by atoms with Crippen molar-refractivity contribution >= 4 is 15.9 Å². The molecule has 1 saturated carbocycles. The predicted molar refractivity (Wildman–Crippen MR) is 109 cm³/mol. The molecule has 0 radical (unpaired) electrons. The standard InChI is InChI=1S/C22H25FN2O3S/c23-19-12-10-16(14-21(19)29(27,28)25-17-7-2-1-3-8-17)22(26)24-20-13-11-15-6-4-5-9-18(15)20/h4-6,9-10,12,14,17,20,25H,1-3,7-8,11,13H2,(H,24,26). The van der Waals surface area contributed by atoms with Gasteiger partial charge in [0, 0.05) is 11.6 Å². The van der Waals surface area contributed by atoms with Gasteiger partial charge in [0.05, 0.1) is 6.04 Å². The average Bonchev–Trinajstić information content (AvgIpc) is 3.11. The van der Waals surface area contributed by atoms with Crippen molar-refractivity contribution in [1.82, 2.24) is 10.0 Å². The Balaban J connectivity index is 1.52. The van der Waals surface area contributed by atoms with Crippen LogP contribution in [0.15, 0.2) is 47.4 Å². The summed E-state index contributed by atoms with van der Waals surface area (Å²) in [7, 11) is -4.03. The summed E-state index contributed by atoms with van der Waals surface area (Å²) < 4.78 is 42.4. The van der Waals surface area contributed by atoms with E-state index in [0.717, 1.165) is 62.6 Å². The summed E-state index contributed by atoms with van der Waals surface area (Å²) in [5.74, 6) is -1.25. The van der Waals surface area contributed by atoms with E-state index in [1.807, 2.05) is 24.3 Å². The zero-order valence-corrected chi connectivity index (χ0v) is 17.0. The van der Waals surface area contributed by atoms with Crippen LogP contribution < -0.4 is 10.0 Å². The lowest BCUT2D eigenvalue weighted by atomic mass is 9.96. The van der Waals surface area contributed by atoms with Crippen LogP contribution in [0.2, 0.25) is 0 Å². The summed E-state index contributed by atoms with van der Waals surface area (Å²) in [6.45, 7) is 0. The van der Waals surface area contributed by atoms with E-state index < -0.39 is 26.6 Å². The highest BCUT2D eigenvalue weighted by atomic mass is 32.2. The molecule has 7 heteroatoms. The summed E-state index contributed by atoms with van der Waals surface area (Å²) in [6.07, 6.45) is 6.19. The van der Waals surface area contributed by atoms with Crippen LogP contribution in [-0.4, -0.2) is 20.4 Å². The maximum atomic E-state index is 14.3. The molecule has 0 aliphatic heterocycles. The largest absolute Gasteiger partial charge is 0.345 e. The molecule has 2 N–H and O–H groups in total. The number of carbonyl (C=O) groups is 1. The third-order valence-corrected chi connectivity index (χ3v) is 7.38. The minimum Gasteiger partial charge on any atom is -0.345 e. The van der Waals surface area contributed by atoms with Gasteiger partial charge in [0.2, 0.25) is 10.0 Å². The van der Waals surface area contributed by atoms with Gasteiger partial charge in [-0.15, -0.1) is 0 Å². The molecule has 1 fully saturated rings. The minimum atomic E-state index is -4.03. The van der Waals surface area contributed by atoms with Crippen LogP contribution in [0.5, 0.6) is 0 Å². The second-order valence-corrected chi connectivity index (χ2v) is 9.55. The first-order valence-corrected chi connectivity index (χ1v) is 11.6. The van der Waals surface area contributed by atoms with E-state index in [2.05, 4.69) is 10.0 Å². The van der Waals surface area contributed by atoms with Gasteiger partial charge in [-0.1, -0.05) is 43.5 Å². The number of amides is 1. The van der Waals surface area contributed by atoms with Crippen LogP contribution in [-0.2, 0) is 16.4 Å². The summed E-state index contributed by atoms with van der Waals surface area (Å²) >= 11 is 0. The molecule has 2 aromatic carbocycles. The lowest BCUT2D eigenvalue weighted by Gasteiger charge is -2.22. The first-order valence-electron chi connectivity index (χ1n) is 10.1. The number of nitrogens with one attached hydrogen (secondary N) is 2. The molecule has 5 nitrogen and oxygen atoms in total. The van der Waals surface area contributed by atoms with Gasteiger partial charge in [0.25, 0.3) is 5.91 Å². The Morgan fingerprint density at radius 2 is 1.76 bits per heavy atom. The molecule has 154 valence electrons. The topological polar surface area (TPSA) is 75.3 Å². The number of fused-ring (bicyclic) bond motifs is 1. The zero-order valence-electron chi connectivity index (χ0n) is 16.2. The molecule has 2 aliphatic rings. The SMILES string of the molecule is O=C(NC1CCc2ccccc21)c1ccc(F)c(S(=O)(=O)NC2CCCCC2)c1. The molecule has 1 amide bonds. The number of rotatable bonds is 5. The van der Waals surface area contributed by atoms with E-state index in [1.165, 1.54) is 11.6 Å². The van der Waals surface area contributed by atoms with Crippen LogP contribution in [0, 0.1) is 5.82 Å². The fraction of sp³-hybridized carbons (Fsp3) is 0.409. The maximum Gasteiger partial charge on any atom is 0.251 e. The molecule has 0 aromatic heterocycles. The molecule has 29 heavy (non-hydrogen) atoms. The van der Waals surface area contributed by atoms with Crippen molar-refractivity contribution in [2.45, 2.75) is 61.9 Å². The van der Waals surface area contributed by atoms with Gasteiger partial charge in [-0.25, -0.2) is 17.5 Å². The summed E-state index contributed by atoms with van der Waals surface area (Å²) in [6, 6.07) is 11.1. The van der Waals surface area contributed by atoms with E-state index in [9.17, 15) is 17.6 Å². The van der Waals surface area contributed by atoms with Gasteiger partial charge in [-0.3, -0.25) is 4.79 Å². The third kappa shape index (κ3) is 4.36. The molecular formula is C22H25FN2O3S. The number of hydrogen-bond donors (Lipinski definition) is 2. The Bertz CT molecular complexity index is 1020. The van der Waals surface area contributed by atoms with Gasteiger partial charge in [0.15, 0.2) is 0 Å². The number of carbonyl (C=O) groups excluding carboxylic acids is 1. The smallest absolute Gasteiger partial charge is 0.251 e. The van der Waals surface area contributed by atoms with E-state index >= 15 is 0 Å². The van der Waals surface area contributed by atoms with Gasteiger partial charge < -0.3 is 5.32 Å². The monoisotopic (exact) mass is 416 g/mol. The molecule has 2 aromatic rings. The first-order chi connectivity index (χ1) is 13.9. The quantitative estimate of drug-likeness (QED) is 0.777. The Hall–Kier alpha value is -2.25. The van der Waals surface area contributed by atoms with Crippen molar-refractivity contribution in [1.29, 1.82) is 0 Å². The zero-order chi connectivity index (χ0) is 20.4. The lowest BCUT2D eigenvalue weighted by molar-refractivity contribution is 0.0936. The van der Waals surface area contributed by atoms with Crippen molar-refractivity contribution in [3.63, 3.8) is 0 Å². The van der Waals surface area contributed by atoms with Gasteiger partial charge >= 0.3 is 0 Å². The van der Waals surface area contributed by atoms with Crippen LogP contribution in [0.1, 0.15) is 66.1 Å². The van der Waals surface area contributed by atoms with Gasteiger partial charge in [-0.2, -0.15) is 0 Å². The highest BCUT2D eigenvalue weighted by molar-refractivity contribution is 7.89. The number of benzene rings is 2. The molecule has 0 bridgehead atoms. The summed E-state index contributed by atoms with van der Waals surface area (Å²) in [4.78, 5) is 12.3. The molecule has 2 aliphatic carbocycles. The molecule has 1 atom stereocenters. The molecule has 0 heterocycles. The molecule has 0 spiro atoms. The second-order valence-electron chi connectivity index (χ2n) is 7.86. The Labute approximate surface area is 170 Å². The van der Waals surface area contributed by atoms with Crippen molar-refractivity contribution in [2.24, 2.45) is 0 Å². The van der Waals surface area contributed by atoms with Crippen LogP contribution in [0.25, 0.3) is 0 Å². The van der Waals surface area contributed by atoms with Crippen LogP contribution in [0.3, 0.4) is 0 Å². The van der Waals surface area contributed by atoms with Crippen LogP contribution in [0.4, 0.5) is 4.39 Å². The molecule has 1 unspecified atom stereocenters. The van der Waals surface area contributed by atoms with E-state index in [1.54, 1.807) is 0 Å². The fourth-order valence-electron chi connectivity index (χ4n) is 4.30. The fourth-order valence-corrected chi connectivity index (χ4v) is 5.71. The van der Waals surface area contributed by atoms with Crippen molar-refractivity contribution in [3.8, 4) is 0 Å². The van der Waals surface area contributed by atoms with Crippen molar-refractivity contribution in [3.05, 3.63) is 65.0 Å². The third-order valence-electron chi connectivity index (χ3n) is 5.85. The Kier molecular flexibility index (Phi) is 5.69. The molecule has 4 rings (SSSR count). The van der Waals surface area contributed by atoms with E-state index in [-0.39, 0.29) is 17.6 Å². The number of halogens is 1. The predicted octanol–water partition coefficient (Wildman–Crippen LogP) is 3.85. The Morgan fingerprint density at radius 3 is 2.55 bits per heavy atom. The number of sulfonamides is 1. The molecule has 0 saturated heterocycles. The van der Waals surface area contributed by atoms with E-state index in [0.29, 0.717) is 0 Å². The highest BCUT2D eigenvalue weighted by Gasteiger charge is 2.27. The Morgan fingerprint density at radius 1 is 1.00 bits per heavy atom. The van der Waals surface area contributed by atoms with Gasteiger partial charge in [0.1, 0.15) is 10.7 Å². The normalized spacial score (nSPS) is 19.7. The number of hydrogen-bond acceptors (Lipinski definition) is 3. The second kappa shape index (κ2) is 8.24. The van der Waals surface area contributed by atoms with Crippen LogP contribution >= 0.6 is 0 Å². The summed E-state index contributed by atoms with van der Waals surface area (Å²) in [5, 5.41) is 2.95. The minimum absolute atomic E-state index is 0.121. The van der Waals surface area contributed by atoms with E-state index in [4.69, 9.17) is 0 Å². The number of aryl methyl sites for hydroxylation is 1. The summed E-state index contributed by atoms with van der Waals surface area (Å²) in [5.41, 5.74) is 2.42. The average molecular weight is 417 g/mol. The lowest BCUT2D eigenvalue weighted by Crippen LogP contribution is -2.36. The van der Waals surface area contributed by atoms with Crippen molar-refractivity contribution in [2.75, 3.05) is 0 Å². The molecular weight excluding hydrogens is 391 g/mol. The highest BCUT2D eigenvalue weighted by Crippen LogP contribution is 2.31. The van der Waals surface area contributed by atoms with Crippen molar-refractivity contribution < 1.29 is 17.6 Å². The van der Waals surface area contributed by atoms with Gasteiger partial charge in [-0.05, 0) is 55.0 Å². The maximum absolute atomic E-state index is 14.3. The first kappa shape index (κ1) is 20.0.